The highest BCUT2D eigenvalue weighted by atomic mass is 35.5. The molecule has 19 heavy (non-hydrogen) atoms. The van der Waals surface area contributed by atoms with E-state index in [4.69, 9.17) is 11.6 Å². The number of carbonyl (C=O) groups excluding carboxylic acids is 1. The van der Waals surface area contributed by atoms with Gasteiger partial charge in [0, 0.05) is 36.9 Å². The van der Waals surface area contributed by atoms with Crippen LogP contribution in [-0.4, -0.2) is 17.4 Å². The number of fused-ring (bicyclic) bond motifs is 1. The number of benzene rings is 1. The molecule has 0 unspecified atom stereocenters. The van der Waals surface area contributed by atoms with Gasteiger partial charge >= 0.3 is 0 Å². The molecule has 1 amide bonds. The number of pyridine rings is 1. The molecule has 0 aliphatic carbocycles. The zero-order valence-electron chi connectivity index (χ0n) is 10.5. The Kier molecular flexibility index (Phi) is 4.38. The standard InChI is InChI=1S/C15H13ClN2O/c1-11(19)17-9-5-4-6-12-10-18-15(16)14-8-3-2-7-13(12)14/h2-3,7-8,10H,5,9H2,1H3,(H,17,19). The summed E-state index contributed by atoms with van der Waals surface area (Å²) < 4.78 is 0. The fourth-order valence-electron chi connectivity index (χ4n) is 1.72. The van der Waals surface area contributed by atoms with E-state index in [1.165, 1.54) is 6.92 Å². The molecule has 0 aliphatic heterocycles. The molecule has 2 aromatic rings. The summed E-state index contributed by atoms with van der Waals surface area (Å²) >= 11 is 6.04. The topological polar surface area (TPSA) is 42.0 Å². The Hall–Kier alpha value is -2.05. The molecule has 0 fully saturated rings. The molecule has 0 spiro atoms. The van der Waals surface area contributed by atoms with E-state index < -0.39 is 0 Å². The Balaban J connectivity index is 2.20. The van der Waals surface area contributed by atoms with Crippen LogP contribution in [0.3, 0.4) is 0 Å². The first-order valence-corrected chi connectivity index (χ1v) is 6.33. The van der Waals surface area contributed by atoms with Gasteiger partial charge in [-0.3, -0.25) is 4.79 Å². The maximum atomic E-state index is 10.7. The van der Waals surface area contributed by atoms with Gasteiger partial charge in [-0.05, 0) is 0 Å². The number of nitrogens with one attached hydrogen (secondary N) is 1. The van der Waals surface area contributed by atoms with E-state index in [0.717, 1.165) is 16.3 Å². The lowest BCUT2D eigenvalue weighted by Gasteiger charge is -2.01. The number of carbonyl (C=O) groups is 1. The molecule has 0 saturated carbocycles. The van der Waals surface area contributed by atoms with Crippen molar-refractivity contribution in [3.05, 3.63) is 41.2 Å². The van der Waals surface area contributed by atoms with Crippen LogP contribution in [0.1, 0.15) is 18.9 Å². The van der Waals surface area contributed by atoms with Crippen molar-refractivity contribution in [1.82, 2.24) is 10.3 Å². The summed E-state index contributed by atoms with van der Waals surface area (Å²) in [6.07, 6.45) is 2.28. The molecule has 3 nitrogen and oxygen atoms in total. The van der Waals surface area contributed by atoms with Crippen LogP contribution in [-0.2, 0) is 4.79 Å². The maximum Gasteiger partial charge on any atom is 0.216 e. The lowest BCUT2D eigenvalue weighted by Crippen LogP contribution is -2.20. The first kappa shape index (κ1) is 13.4. The highest BCUT2D eigenvalue weighted by Gasteiger charge is 2.02. The number of amides is 1. The second kappa shape index (κ2) is 6.21. The molecule has 0 radical (unpaired) electrons. The minimum absolute atomic E-state index is 0.0413. The number of hydrogen-bond acceptors (Lipinski definition) is 2. The molecule has 0 bridgehead atoms. The molecule has 0 atom stereocenters. The molecule has 4 heteroatoms. The van der Waals surface area contributed by atoms with Crippen LogP contribution in [0.4, 0.5) is 0 Å². The van der Waals surface area contributed by atoms with Crippen molar-refractivity contribution in [2.45, 2.75) is 13.3 Å². The quantitative estimate of drug-likeness (QED) is 0.519. The minimum Gasteiger partial charge on any atom is -0.355 e. The van der Waals surface area contributed by atoms with Gasteiger partial charge in [-0.2, -0.15) is 0 Å². The first-order valence-electron chi connectivity index (χ1n) is 5.95. The van der Waals surface area contributed by atoms with Crippen LogP contribution >= 0.6 is 11.6 Å². The second-order valence-corrected chi connectivity index (χ2v) is 4.40. The maximum absolute atomic E-state index is 10.7. The summed E-state index contributed by atoms with van der Waals surface area (Å²) in [6, 6.07) is 7.76. The Morgan fingerprint density at radius 1 is 1.37 bits per heavy atom. The molecule has 1 N–H and O–H groups in total. The number of rotatable bonds is 2. The Morgan fingerprint density at radius 3 is 2.84 bits per heavy atom. The zero-order chi connectivity index (χ0) is 13.7. The summed E-state index contributed by atoms with van der Waals surface area (Å²) in [7, 11) is 0. The van der Waals surface area contributed by atoms with E-state index in [2.05, 4.69) is 22.1 Å². The molecule has 96 valence electrons. The van der Waals surface area contributed by atoms with Crippen molar-refractivity contribution in [3.63, 3.8) is 0 Å². The third kappa shape index (κ3) is 3.46. The largest absolute Gasteiger partial charge is 0.355 e. The summed E-state index contributed by atoms with van der Waals surface area (Å²) in [6.45, 7) is 2.05. The molecule has 1 aromatic heterocycles. The number of aromatic nitrogens is 1. The minimum atomic E-state index is -0.0413. The van der Waals surface area contributed by atoms with Crippen molar-refractivity contribution in [2.24, 2.45) is 0 Å². The third-order valence-corrected chi connectivity index (χ3v) is 2.89. The molecule has 1 heterocycles. The number of halogens is 1. The zero-order valence-corrected chi connectivity index (χ0v) is 11.3. The first-order chi connectivity index (χ1) is 9.18. The monoisotopic (exact) mass is 272 g/mol. The Bertz CT molecular complexity index is 671. The summed E-state index contributed by atoms with van der Waals surface area (Å²) in [5, 5.41) is 5.08. The predicted molar refractivity (Wildman–Crippen MR) is 76.9 cm³/mol. The average Bonchev–Trinajstić information content (AvgIpc) is 2.41. The SMILES string of the molecule is CC(=O)NCCC#Cc1cnc(Cl)c2ccccc12. The highest BCUT2D eigenvalue weighted by Crippen LogP contribution is 2.23. The van der Waals surface area contributed by atoms with Gasteiger partial charge in [0.25, 0.3) is 0 Å². The van der Waals surface area contributed by atoms with E-state index in [9.17, 15) is 4.79 Å². The van der Waals surface area contributed by atoms with Crippen LogP contribution in [0.25, 0.3) is 10.8 Å². The number of hydrogen-bond donors (Lipinski definition) is 1. The predicted octanol–water partition coefficient (Wildman–Crippen LogP) is 2.77. The smallest absolute Gasteiger partial charge is 0.216 e. The van der Waals surface area contributed by atoms with Crippen molar-refractivity contribution in [3.8, 4) is 11.8 Å². The summed E-state index contributed by atoms with van der Waals surface area (Å²) in [5.74, 6) is 6.05. The summed E-state index contributed by atoms with van der Waals surface area (Å²) in [5.41, 5.74) is 0.850. The van der Waals surface area contributed by atoms with Gasteiger partial charge in [0.1, 0.15) is 5.15 Å². The van der Waals surface area contributed by atoms with E-state index >= 15 is 0 Å². The van der Waals surface area contributed by atoms with E-state index in [0.29, 0.717) is 18.1 Å². The fourth-order valence-corrected chi connectivity index (χ4v) is 1.93. The van der Waals surface area contributed by atoms with Gasteiger partial charge in [-0.25, -0.2) is 4.98 Å². The van der Waals surface area contributed by atoms with Gasteiger partial charge < -0.3 is 5.32 Å². The number of nitrogens with zero attached hydrogens (tertiary/aromatic N) is 1. The molecule has 1 aromatic carbocycles. The van der Waals surface area contributed by atoms with Crippen LogP contribution < -0.4 is 5.32 Å². The van der Waals surface area contributed by atoms with Crippen LogP contribution in [0.2, 0.25) is 5.15 Å². The molecular weight excluding hydrogens is 260 g/mol. The van der Waals surface area contributed by atoms with Crippen LogP contribution in [0, 0.1) is 11.8 Å². The van der Waals surface area contributed by atoms with E-state index in [1.54, 1.807) is 6.20 Å². The van der Waals surface area contributed by atoms with Gasteiger partial charge in [0.2, 0.25) is 5.91 Å². The van der Waals surface area contributed by atoms with Crippen molar-refractivity contribution in [1.29, 1.82) is 0 Å². The van der Waals surface area contributed by atoms with Gasteiger partial charge in [0.05, 0.1) is 5.56 Å². The van der Waals surface area contributed by atoms with Gasteiger partial charge in [0.15, 0.2) is 0 Å². The molecule has 0 aliphatic rings. The molecule has 2 rings (SSSR count). The van der Waals surface area contributed by atoms with Gasteiger partial charge in [-0.1, -0.05) is 47.7 Å². The molecular formula is C15H13ClN2O. The fraction of sp³-hybridized carbons (Fsp3) is 0.200. The summed E-state index contributed by atoms with van der Waals surface area (Å²) in [4.78, 5) is 14.8. The molecule has 0 saturated heterocycles. The third-order valence-electron chi connectivity index (χ3n) is 2.59. The van der Waals surface area contributed by atoms with Crippen LogP contribution in [0.5, 0.6) is 0 Å². The normalized spacial score (nSPS) is 9.79. The average molecular weight is 273 g/mol. The highest BCUT2D eigenvalue weighted by molar-refractivity contribution is 6.34. The Labute approximate surface area is 117 Å². The Morgan fingerprint density at radius 2 is 2.11 bits per heavy atom. The van der Waals surface area contributed by atoms with Crippen molar-refractivity contribution < 1.29 is 4.79 Å². The van der Waals surface area contributed by atoms with Crippen molar-refractivity contribution >= 4 is 28.3 Å². The second-order valence-electron chi connectivity index (χ2n) is 4.04. The van der Waals surface area contributed by atoms with Crippen LogP contribution in [0.15, 0.2) is 30.5 Å². The van der Waals surface area contributed by atoms with Gasteiger partial charge in [-0.15, -0.1) is 0 Å². The van der Waals surface area contributed by atoms with E-state index in [-0.39, 0.29) is 5.91 Å². The lowest BCUT2D eigenvalue weighted by atomic mass is 10.1. The van der Waals surface area contributed by atoms with Crippen molar-refractivity contribution in [2.75, 3.05) is 6.54 Å². The lowest BCUT2D eigenvalue weighted by molar-refractivity contribution is -0.118. The van der Waals surface area contributed by atoms with E-state index in [1.807, 2.05) is 24.3 Å².